The fourth-order valence-electron chi connectivity index (χ4n) is 3.41. The van der Waals surface area contributed by atoms with Crippen LogP contribution in [-0.2, 0) is 5.75 Å². The summed E-state index contributed by atoms with van der Waals surface area (Å²) in [6, 6.07) is 19.4. The zero-order valence-corrected chi connectivity index (χ0v) is 17.2. The molecule has 4 nitrogen and oxygen atoms in total. The number of hydrogen-bond acceptors (Lipinski definition) is 5. The van der Waals surface area contributed by atoms with Crippen LogP contribution < -0.4 is 5.56 Å². The molecule has 0 bridgehead atoms. The Morgan fingerprint density at radius 1 is 1.14 bits per heavy atom. The molecule has 1 saturated carbocycles. The summed E-state index contributed by atoms with van der Waals surface area (Å²) in [7, 11) is 0. The van der Waals surface area contributed by atoms with Gasteiger partial charge in [-0.05, 0) is 59.5 Å². The first kappa shape index (κ1) is 18.2. The normalized spacial score (nSPS) is 13.5. The Hall–Kier alpha value is -2.88. The predicted molar refractivity (Wildman–Crippen MR) is 118 cm³/mol. The van der Waals surface area contributed by atoms with Crippen molar-refractivity contribution in [2.75, 3.05) is 0 Å². The van der Waals surface area contributed by atoms with Crippen LogP contribution in [0.3, 0.4) is 0 Å². The quantitative estimate of drug-likeness (QED) is 0.319. The van der Waals surface area contributed by atoms with E-state index in [9.17, 15) is 4.79 Å². The van der Waals surface area contributed by atoms with E-state index in [1.807, 2.05) is 54.6 Å². The Labute approximate surface area is 176 Å². The van der Waals surface area contributed by atoms with Crippen LogP contribution in [0.5, 0.6) is 0 Å². The van der Waals surface area contributed by atoms with E-state index in [0.717, 1.165) is 39.9 Å². The molecular weight excluding hydrogens is 398 g/mol. The van der Waals surface area contributed by atoms with Gasteiger partial charge in [-0.1, -0.05) is 42.1 Å². The molecule has 2 heterocycles. The van der Waals surface area contributed by atoms with Crippen LogP contribution in [-0.4, -0.2) is 9.55 Å². The van der Waals surface area contributed by atoms with Gasteiger partial charge in [-0.15, -0.1) is 11.3 Å². The minimum Gasteiger partial charge on any atom is -0.268 e. The second-order valence-electron chi connectivity index (χ2n) is 7.11. The molecule has 6 heteroatoms. The molecule has 0 atom stereocenters. The van der Waals surface area contributed by atoms with Crippen molar-refractivity contribution in [3.05, 3.63) is 87.0 Å². The van der Waals surface area contributed by atoms with Gasteiger partial charge in [-0.2, -0.15) is 5.26 Å². The number of para-hydroxylation sites is 1. The standard InChI is InChI=1S/C23H17N3OS2/c24-12-15-6-8-16(9-7-15)13-29-23-25-21-20(19(14-28-21)17-10-11-17)22(27)26(23)18-4-2-1-3-5-18/h1-9,14,17H,10-11,13H2. The highest BCUT2D eigenvalue weighted by Crippen LogP contribution is 2.44. The van der Waals surface area contributed by atoms with E-state index in [0.29, 0.717) is 22.4 Å². The molecule has 2 aromatic carbocycles. The summed E-state index contributed by atoms with van der Waals surface area (Å²) in [6.07, 6.45) is 2.32. The van der Waals surface area contributed by atoms with E-state index >= 15 is 0 Å². The summed E-state index contributed by atoms with van der Waals surface area (Å²) >= 11 is 3.11. The van der Waals surface area contributed by atoms with Crippen molar-refractivity contribution >= 4 is 33.3 Å². The number of nitriles is 1. The Balaban J connectivity index is 1.59. The summed E-state index contributed by atoms with van der Waals surface area (Å²) in [5, 5.41) is 12.6. The molecule has 1 aliphatic carbocycles. The van der Waals surface area contributed by atoms with Crippen molar-refractivity contribution in [3.63, 3.8) is 0 Å². The lowest BCUT2D eigenvalue weighted by Crippen LogP contribution is -2.21. The van der Waals surface area contributed by atoms with E-state index < -0.39 is 0 Å². The van der Waals surface area contributed by atoms with Gasteiger partial charge in [0.15, 0.2) is 5.16 Å². The van der Waals surface area contributed by atoms with Crippen LogP contribution in [0.4, 0.5) is 0 Å². The lowest BCUT2D eigenvalue weighted by Gasteiger charge is -2.12. The third kappa shape index (κ3) is 3.48. The third-order valence-electron chi connectivity index (χ3n) is 5.09. The van der Waals surface area contributed by atoms with Crippen molar-refractivity contribution in [3.8, 4) is 11.8 Å². The molecule has 1 fully saturated rings. The van der Waals surface area contributed by atoms with E-state index in [1.54, 1.807) is 27.7 Å². The lowest BCUT2D eigenvalue weighted by atomic mass is 10.1. The molecule has 0 amide bonds. The van der Waals surface area contributed by atoms with Crippen LogP contribution in [0.15, 0.2) is 69.9 Å². The average Bonchev–Trinajstić information content (AvgIpc) is 3.52. The van der Waals surface area contributed by atoms with Gasteiger partial charge in [0.1, 0.15) is 4.83 Å². The molecule has 142 valence electrons. The number of rotatable bonds is 5. The smallest absolute Gasteiger partial charge is 0.267 e. The van der Waals surface area contributed by atoms with Crippen LogP contribution in [0.1, 0.15) is 35.4 Å². The largest absolute Gasteiger partial charge is 0.268 e. The van der Waals surface area contributed by atoms with Crippen molar-refractivity contribution in [1.29, 1.82) is 5.26 Å². The number of thiophene rings is 1. The van der Waals surface area contributed by atoms with Gasteiger partial charge in [-0.25, -0.2) is 4.98 Å². The zero-order valence-electron chi connectivity index (χ0n) is 15.5. The number of nitrogens with zero attached hydrogens (tertiary/aromatic N) is 3. The maximum atomic E-state index is 13.5. The monoisotopic (exact) mass is 415 g/mol. The maximum Gasteiger partial charge on any atom is 0.267 e. The first-order chi connectivity index (χ1) is 14.2. The molecule has 4 aromatic rings. The number of fused-ring (bicyclic) bond motifs is 1. The van der Waals surface area contributed by atoms with Crippen molar-refractivity contribution < 1.29 is 0 Å². The van der Waals surface area contributed by atoms with E-state index in [4.69, 9.17) is 10.2 Å². The molecule has 0 spiro atoms. The highest BCUT2D eigenvalue weighted by molar-refractivity contribution is 7.98. The summed E-state index contributed by atoms with van der Waals surface area (Å²) in [6.45, 7) is 0. The van der Waals surface area contributed by atoms with Crippen LogP contribution in [0, 0.1) is 11.3 Å². The van der Waals surface area contributed by atoms with Gasteiger partial charge >= 0.3 is 0 Å². The first-order valence-electron chi connectivity index (χ1n) is 9.46. The zero-order chi connectivity index (χ0) is 19.8. The summed E-state index contributed by atoms with van der Waals surface area (Å²) in [5.74, 6) is 1.19. The van der Waals surface area contributed by atoms with Gasteiger partial charge in [0.05, 0.1) is 22.7 Å². The number of hydrogen-bond donors (Lipinski definition) is 0. The number of thioether (sulfide) groups is 1. The molecule has 1 aliphatic rings. The third-order valence-corrected chi connectivity index (χ3v) is 6.99. The van der Waals surface area contributed by atoms with Gasteiger partial charge in [0, 0.05) is 5.75 Å². The fourth-order valence-corrected chi connectivity index (χ4v) is 5.44. The van der Waals surface area contributed by atoms with Crippen LogP contribution in [0.2, 0.25) is 0 Å². The summed E-state index contributed by atoms with van der Waals surface area (Å²) in [4.78, 5) is 19.2. The van der Waals surface area contributed by atoms with E-state index in [1.165, 1.54) is 0 Å². The average molecular weight is 416 g/mol. The topological polar surface area (TPSA) is 58.7 Å². The minimum atomic E-state index is 0.0201. The van der Waals surface area contributed by atoms with E-state index in [-0.39, 0.29) is 5.56 Å². The molecular formula is C23H17N3OS2. The Bertz CT molecular complexity index is 1280. The molecule has 0 unspecified atom stereocenters. The Kier molecular flexibility index (Phi) is 4.70. The molecule has 0 N–H and O–H groups in total. The van der Waals surface area contributed by atoms with Gasteiger partial charge in [0.2, 0.25) is 0 Å². The SMILES string of the molecule is N#Cc1ccc(CSc2nc3scc(C4CC4)c3c(=O)n2-c2ccccc2)cc1. The summed E-state index contributed by atoms with van der Waals surface area (Å²) < 4.78 is 1.75. The number of aromatic nitrogens is 2. The predicted octanol–water partition coefficient (Wildman–Crippen LogP) is 5.49. The van der Waals surface area contributed by atoms with Crippen LogP contribution >= 0.6 is 23.1 Å². The van der Waals surface area contributed by atoms with Crippen molar-refractivity contribution in [1.82, 2.24) is 9.55 Å². The number of benzene rings is 2. The Morgan fingerprint density at radius 3 is 2.59 bits per heavy atom. The van der Waals surface area contributed by atoms with E-state index in [2.05, 4.69) is 11.4 Å². The lowest BCUT2D eigenvalue weighted by molar-refractivity contribution is 0.821. The minimum absolute atomic E-state index is 0.0201. The molecule has 0 radical (unpaired) electrons. The maximum absolute atomic E-state index is 13.5. The molecule has 5 rings (SSSR count). The van der Waals surface area contributed by atoms with Crippen molar-refractivity contribution in [2.24, 2.45) is 0 Å². The Morgan fingerprint density at radius 2 is 1.90 bits per heavy atom. The molecule has 2 aromatic heterocycles. The first-order valence-corrected chi connectivity index (χ1v) is 11.3. The van der Waals surface area contributed by atoms with Gasteiger partial charge < -0.3 is 0 Å². The van der Waals surface area contributed by atoms with Crippen LogP contribution in [0.25, 0.3) is 15.9 Å². The molecule has 0 saturated heterocycles. The molecule has 0 aliphatic heterocycles. The fraction of sp³-hybridized carbons (Fsp3) is 0.174. The highest BCUT2D eigenvalue weighted by Gasteiger charge is 2.29. The second kappa shape index (κ2) is 7.51. The highest BCUT2D eigenvalue weighted by atomic mass is 32.2. The molecule has 29 heavy (non-hydrogen) atoms. The second-order valence-corrected chi connectivity index (χ2v) is 8.91. The van der Waals surface area contributed by atoms with Gasteiger partial charge in [0.25, 0.3) is 5.56 Å². The summed E-state index contributed by atoms with van der Waals surface area (Å²) in [5.41, 5.74) is 3.75. The van der Waals surface area contributed by atoms with Crippen molar-refractivity contribution in [2.45, 2.75) is 29.7 Å². The van der Waals surface area contributed by atoms with Gasteiger partial charge in [-0.3, -0.25) is 9.36 Å².